The van der Waals surface area contributed by atoms with Crippen LogP contribution in [0.25, 0.3) is 6.08 Å². The Hall–Kier alpha value is -0.617. The van der Waals surface area contributed by atoms with Gasteiger partial charge in [0.05, 0.1) is 0 Å². The molecule has 0 amide bonds. The molecule has 1 aliphatic heterocycles. The van der Waals surface area contributed by atoms with E-state index in [1.54, 1.807) is 0 Å². The maximum absolute atomic E-state index is 5.34. The first-order valence-electron chi connectivity index (χ1n) is 3.35. The number of fused-ring (bicyclic) bond motifs is 1. The van der Waals surface area contributed by atoms with Crippen LogP contribution in [0.3, 0.4) is 0 Å². The van der Waals surface area contributed by atoms with E-state index in [4.69, 9.17) is 4.74 Å². The number of hydrogen-bond donors (Lipinski definition) is 0. The second kappa shape index (κ2) is 3.68. The summed E-state index contributed by atoms with van der Waals surface area (Å²) < 4.78 is 5.34. The van der Waals surface area contributed by atoms with Crippen LogP contribution in [0.1, 0.15) is 5.56 Å². The molecule has 0 saturated heterocycles. The molecular formula is C9H8ORh. The van der Waals surface area contributed by atoms with E-state index in [1.165, 1.54) is 5.56 Å². The van der Waals surface area contributed by atoms with E-state index in [1.807, 2.05) is 30.3 Å². The van der Waals surface area contributed by atoms with Crippen molar-refractivity contribution >= 4 is 6.08 Å². The van der Waals surface area contributed by atoms with E-state index in [0.717, 1.165) is 5.75 Å². The summed E-state index contributed by atoms with van der Waals surface area (Å²) in [6, 6.07) is 8.03. The van der Waals surface area contributed by atoms with Crippen LogP contribution in [0, 0.1) is 0 Å². The van der Waals surface area contributed by atoms with Crippen molar-refractivity contribution in [3.8, 4) is 5.75 Å². The van der Waals surface area contributed by atoms with Gasteiger partial charge in [0, 0.05) is 25.0 Å². The second-order valence-corrected chi connectivity index (χ2v) is 2.25. The van der Waals surface area contributed by atoms with Crippen LogP contribution < -0.4 is 4.74 Å². The van der Waals surface area contributed by atoms with E-state index in [9.17, 15) is 0 Å². The van der Waals surface area contributed by atoms with Crippen molar-refractivity contribution in [3.05, 3.63) is 35.9 Å². The predicted molar refractivity (Wildman–Crippen MR) is 41.0 cm³/mol. The van der Waals surface area contributed by atoms with Crippen molar-refractivity contribution in [2.24, 2.45) is 0 Å². The topological polar surface area (TPSA) is 9.23 Å². The van der Waals surface area contributed by atoms with Crippen LogP contribution in [-0.4, -0.2) is 6.61 Å². The fourth-order valence-corrected chi connectivity index (χ4v) is 1.06. The molecule has 1 aromatic rings. The SMILES string of the molecule is C1=Cc2ccccc2OC1.[Rh]. The fourth-order valence-electron chi connectivity index (χ4n) is 1.06. The van der Waals surface area contributed by atoms with Crippen molar-refractivity contribution in [3.63, 3.8) is 0 Å². The van der Waals surface area contributed by atoms with Crippen LogP contribution in [0.4, 0.5) is 0 Å². The Kier molecular flexibility index (Phi) is 2.84. The van der Waals surface area contributed by atoms with Crippen LogP contribution >= 0.6 is 0 Å². The van der Waals surface area contributed by atoms with Gasteiger partial charge in [0.15, 0.2) is 0 Å². The molecule has 0 bridgehead atoms. The first kappa shape index (κ1) is 8.48. The van der Waals surface area contributed by atoms with Crippen molar-refractivity contribution in [2.45, 2.75) is 0 Å². The molecule has 0 spiro atoms. The summed E-state index contributed by atoms with van der Waals surface area (Å²) in [4.78, 5) is 0. The van der Waals surface area contributed by atoms with Crippen LogP contribution in [0.2, 0.25) is 0 Å². The van der Waals surface area contributed by atoms with Crippen molar-refractivity contribution in [1.29, 1.82) is 0 Å². The van der Waals surface area contributed by atoms with Crippen LogP contribution in [0.5, 0.6) is 5.75 Å². The fraction of sp³-hybridized carbons (Fsp3) is 0.111. The standard InChI is InChI=1S/C9H8O.Rh/c1-2-6-9-8(4-1)5-3-7-10-9;/h1-6H,7H2;. The normalized spacial score (nSPS) is 12.7. The minimum Gasteiger partial charge on any atom is -0.489 e. The Morgan fingerprint density at radius 3 is 2.82 bits per heavy atom. The number of rotatable bonds is 0. The van der Waals surface area contributed by atoms with Gasteiger partial charge in [-0.25, -0.2) is 0 Å². The quantitative estimate of drug-likeness (QED) is 0.625. The molecule has 59 valence electrons. The van der Waals surface area contributed by atoms with Crippen LogP contribution in [0.15, 0.2) is 30.3 Å². The van der Waals surface area contributed by atoms with E-state index < -0.39 is 0 Å². The molecule has 1 nitrogen and oxygen atoms in total. The van der Waals surface area contributed by atoms with Gasteiger partial charge in [0.25, 0.3) is 0 Å². The van der Waals surface area contributed by atoms with Crippen molar-refractivity contribution in [1.82, 2.24) is 0 Å². The monoisotopic (exact) mass is 235 g/mol. The van der Waals surface area contributed by atoms with Crippen molar-refractivity contribution in [2.75, 3.05) is 6.61 Å². The van der Waals surface area contributed by atoms with E-state index in [-0.39, 0.29) is 19.5 Å². The molecule has 0 saturated carbocycles. The molecule has 0 aliphatic carbocycles. The molecule has 1 heterocycles. The summed E-state index contributed by atoms with van der Waals surface area (Å²) in [5.74, 6) is 0.991. The average Bonchev–Trinajstić information content (AvgIpc) is 2.05. The summed E-state index contributed by atoms with van der Waals surface area (Å²) >= 11 is 0. The first-order chi connectivity index (χ1) is 4.97. The number of para-hydroxylation sites is 1. The summed E-state index contributed by atoms with van der Waals surface area (Å²) in [7, 11) is 0. The summed E-state index contributed by atoms with van der Waals surface area (Å²) in [5.41, 5.74) is 1.17. The number of hydrogen-bond acceptors (Lipinski definition) is 1. The van der Waals surface area contributed by atoms with Gasteiger partial charge >= 0.3 is 0 Å². The molecule has 2 heteroatoms. The van der Waals surface area contributed by atoms with Crippen molar-refractivity contribution < 1.29 is 24.2 Å². The molecule has 0 N–H and O–H groups in total. The summed E-state index contributed by atoms with van der Waals surface area (Å²) in [6.45, 7) is 0.705. The molecule has 0 fully saturated rings. The summed E-state index contributed by atoms with van der Waals surface area (Å²) in [5, 5.41) is 0. The molecule has 1 radical (unpaired) electrons. The largest absolute Gasteiger partial charge is 0.489 e. The smallest absolute Gasteiger partial charge is 0.126 e. The number of ether oxygens (including phenoxy) is 1. The van der Waals surface area contributed by atoms with Gasteiger partial charge in [-0.3, -0.25) is 0 Å². The van der Waals surface area contributed by atoms with Gasteiger partial charge in [-0.05, 0) is 12.1 Å². The molecule has 1 aliphatic rings. The molecule has 0 unspecified atom stereocenters. The maximum atomic E-state index is 5.34. The molecule has 2 rings (SSSR count). The Bertz CT molecular complexity index is 268. The van der Waals surface area contributed by atoms with Crippen LogP contribution in [-0.2, 0) is 19.5 Å². The van der Waals surface area contributed by atoms with E-state index in [2.05, 4.69) is 6.08 Å². The van der Waals surface area contributed by atoms with Gasteiger partial charge < -0.3 is 4.74 Å². The first-order valence-corrected chi connectivity index (χ1v) is 3.35. The molecule has 0 aromatic heterocycles. The van der Waals surface area contributed by atoms with E-state index >= 15 is 0 Å². The number of benzene rings is 1. The van der Waals surface area contributed by atoms with Gasteiger partial charge in [0.1, 0.15) is 12.4 Å². The zero-order chi connectivity index (χ0) is 6.81. The van der Waals surface area contributed by atoms with Gasteiger partial charge in [-0.15, -0.1) is 0 Å². The van der Waals surface area contributed by atoms with Gasteiger partial charge in [0.2, 0.25) is 0 Å². The Morgan fingerprint density at radius 1 is 1.18 bits per heavy atom. The zero-order valence-electron chi connectivity index (χ0n) is 5.91. The minimum atomic E-state index is 0. The second-order valence-electron chi connectivity index (χ2n) is 2.25. The molecule has 0 atom stereocenters. The van der Waals surface area contributed by atoms with Gasteiger partial charge in [-0.1, -0.05) is 24.3 Å². The molecule has 11 heavy (non-hydrogen) atoms. The third-order valence-corrected chi connectivity index (χ3v) is 1.55. The third kappa shape index (κ3) is 1.69. The minimum absolute atomic E-state index is 0. The average molecular weight is 235 g/mol. The Labute approximate surface area is 78.8 Å². The summed E-state index contributed by atoms with van der Waals surface area (Å²) in [6.07, 6.45) is 4.10. The Balaban J connectivity index is 0.000000605. The third-order valence-electron chi connectivity index (χ3n) is 1.55. The van der Waals surface area contributed by atoms with Gasteiger partial charge in [-0.2, -0.15) is 0 Å². The Morgan fingerprint density at radius 2 is 2.00 bits per heavy atom. The molecule has 1 aromatic carbocycles. The predicted octanol–water partition coefficient (Wildman–Crippen LogP) is 2.09. The maximum Gasteiger partial charge on any atom is 0.126 e. The zero-order valence-corrected chi connectivity index (χ0v) is 7.55. The van der Waals surface area contributed by atoms with E-state index in [0.29, 0.717) is 6.61 Å². The molecular weight excluding hydrogens is 227 g/mol.